The number of amides is 1. The van der Waals surface area contributed by atoms with Crippen LogP contribution < -0.4 is 0 Å². The Balaban J connectivity index is -0.000000562. The number of benzene rings is 1. The molecule has 1 amide bonds. The molecule has 1 heterocycles. The maximum Gasteiger partial charge on any atom is 0.265 e. The van der Waals surface area contributed by atoms with Gasteiger partial charge in [-0.15, -0.1) is 10.2 Å². The van der Waals surface area contributed by atoms with E-state index in [0.717, 1.165) is 5.56 Å². The first kappa shape index (κ1) is 23.1. The van der Waals surface area contributed by atoms with Crippen molar-refractivity contribution in [1.29, 1.82) is 0 Å². The Labute approximate surface area is 153 Å². The van der Waals surface area contributed by atoms with Crippen molar-refractivity contribution in [2.24, 2.45) is 0 Å². The molecule has 18 heavy (non-hydrogen) atoms. The molecule has 0 aliphatic rings. The maximum atomic E-state index is 10.6. The topological polar surface area (TPSA) is 143 Å². The van der Waals surface area contributed by atoms with E-state index in [1.54, 1.807) is 12.1 Å². The molecule has 2 rings (SSSR count). The van der Waals surface area contributed by atoms with Crippen LogP contribution >= 0.6 is 0 Å². The van der Waals surface area contributed by atoms with Gasteiger partial charge in [0, 0.05) is 71.0 Å². The molecule has 92 valence electrons. The Kier molecular flexibility index (Phi) is 13.9. The standard InChI is InChI=1S/C9H7N3O2.2H2O.2Y/c10-7(13)9-12-11-8(14-9)6-4-2-1-3-5-6;;;;/h1-5H,(H2,10,13);2*1H2;;/p-1. The normalized spacial score (nSPS) is 7.78. The fourth-order valence-corrected chi connectivity index (χ4v) is 1.01. The largest absolute Gasteiger partial charge is 0.659 e. The van der Waals surface area contributed by atoms with Gasteiger partial charge in [0.1, 0.15) is 5.91 Å². The van der Waals surface area contributed by atoms with Crippen LogP contribution in [-0.2, 0) is 65.4 Å². The first-order chi connectivity index (χ1) is 6.77. The number of nitrogens with one attached hydrogen (secondary N) is 1. The molecule has 5 N–H and O–H groups in total. The zero-order valence-electron chi connectivity index (χ0n) is 9.25. The summed E-state index contributed by atoms with van der Waals surface area (Å²) >= 11 is 0. The fourth-order valence-electron chi connectivity index (χ4n) is 1.01. The molecule has 1 aromatic carbocycles. The van der Waals surface area contributed by atoms with Crippen LogP contribution in [0.3, 0.4) is 0 Å². The number of nitrogens with zero attached hydrogens (tertiary/aromatic N) is 2. The van der Waals surface area contributed by atoms with Gasteiger partial charge in [-0.3, -0.25) is 0 Å². The molecule has 9 heteroatoms. The average molecular weight is 402 g/mol. The predicted octanol–water partition coefficient (Wildman–Crippen LogP) is 0.275. The van der Waals surface area contributed by atoms with E-state index in [2.05, 4.69) is 10.2 Å². The second-order valence-electron chi connectivity index (χ2n) is 2.61. The first-order valence-electron chi connectivity index (χ1n) is 3.92. The second-order valence-corrected chi connectivity index (χ2v) is 2.61. The van der Waals surface area contributed by atoms with E-state index < -0.39 is 5.91 Å². The third-order valence-electron chi connectivity index (χ3n) is 1.64. The summed E-state index contributed by atoms with van der Waals surface area (Å²) in [6.45, 7) is 0. The van der Waals surface area contributed by atoms with Gasteiger partial charge in [0.2, 0.25) is 5.89 Å². The van der Waals surface area contributed by atoms with E-state index >= 15 is 0 Å². The summed E-state index contributed by atoms with van der Waals surface area (Å²) in [4.78, 5) is 10.6. The Morgan fingerprint density at radius 3 is 2.06 bits per heavy atom. The number of rotatable bonds is 2. The van der Waals surface area contributed by atoms with E-state index in [-0.39, 0.29) is 88.2 Å². The molecule has 0 spiro atoms. The van der Waals surface area contributed by atoms with Gasteiger partial charge < -0.3 is 25.9 Å². The Hall–Kier alpha value is -0.0422. The van der Waals surface area contributed by atoms with E-state index in [9.17, 15) is 4.79 Å². The van der Waals surface area contributed by atoms with Crippen molar-refractivity contribution in [2.45, 2.75) is 0 Å². The van der Waals surface area contributed by atoms with Gasteiger partial charge in [-0.25, -0.2) is 0 Å². The minimum atomic E-state index is -0.973. The van der Waals surface area contributed by atoms with Crippen LogP contribution in [0.4, 0.5) is 0 Å². The molecule has 0 bridgehead atoms. The van der Waals surface area contributed by atoms with Crippen LogP contribution in [0, 0.1) is 0 Å². The summed E-state index contributed by atoms with van der Waals surface area (Å²) < 4.78 is 4.97. The summed E-state index contributed by atoms with van der Waals surface area (Å²) in [5.41, 5.74) is 7.49. The third kappa shape index (κ3) is 5.73. The van der Waals surface area contributed by atoms with Crippen molar-refractivity contribution in [3.63, 3.8) is 0 Å². The van der Waals surface area contributed by atoms with Crippen LogP contribution in [0.25, 0.3) is 17.2 Å². The quantitative estimate of drug-likeness (QED) is 0.711. The van der Waals surface area contributed by atoms with E-state index in [1.807, 2.05) is 18.2 Å². The van der Waals surface area contributed by atoms with Crippen LogP contribution in [-0.4, -0.2) is 27.1 Å². The maximum absolute atomic E-state index is 10.6. The molecule has 0 aliphatic heterocycles. The molecule has 2 radical (unpaired) electrons. The number of hydrogen-bond acceptors (Lipinski definition) is 4. The smallest absolute Gasteiger partial charge is 0.265 e. The Morgan fingerprint density at radius 1 is 1.06 bits per heavy atom. The van der Waals surface area contributed by atoms with Crippen molar-refractivity contribution < 1.29 is 85.6 Å². The number of hydrogen-bond donors (Lipinski definition) is 0. The number of carbonyl (C=O) groups excluding carboxylic acids is 1. The van der Waals surface area contributed by atoms with Crippen molar-refractivity contribution in [3.05, 3.63) is 42.0 Å². The summed E-state index contributed by atoms with van der Waals surface area (Å²) in [7, 11) is 0. The van der Waals surface area contributed by atoms with Crippen LogP contribution in [0.5, 0.6) is 0 Å². The van der Waals surface area contributed by atoms with E-state index in [1.165, 1.54) is 0 Å². The van der Waals surface area contributed by atoms with E-state index in [0.29, 0.717) is 0 Å². The molecule has 0 saturated carbocycles. The van der Waals surface area contributed by atoms with Crippen molar-refractivity contribution in [2.75, 3.05) is 0 Å². The fraction of sp³-hybridized carbons (Fsp3) is 0. The van der Waals surface area contributed by atoms with Crippen molar-refractivity contribution in [3.8, 4) is 11.5 Å². The number of aromatic nitrogens is 2. The predicted molar refractivity (Wildman–Crippen MR) is 55.6 cm³/mol. The molecular weight excluding hydrogens is 392 g/mol. The molecule has 1 aromatic heterocycles. The molecule has 2 aromatic rings. The zero-order valence-corrected chi connectivity index (χ0v) is 14.9. The molecule has 0 aliphatic carbocycles. The summed E-state index contributed by atoms with van der Waals surface area (Å²) in [5, 5.41) is 7.09. The van der Waals surface area contributed by atoms with E-state index in [4.69, 9.17) is 10.2 Å². The molecule has 0 fully saturated rings. The van der Waals surface area contributed by atoms with Gasteiger partial charge in [-0.2, -0.15) is 0 Å². The van der Waals surface area contributed by atoms with Gasteiger partial charge >= 0.3 is 0 Å². The van der Waals surface area contributed by atoms with Crippen molar-refractivity contribution in [1.82, 2.24) is 10.2 Å². The summed E-state index contributed by atoms with van der Waals surface area (Å²) in [5.74, 6) is -1.01. The summed E-state index contributed by atoms with van der Waals surface area (Å²) in [6, 6.07) is 9.07. The zero-order chi connectivity index (χ0) is 9.97. The molecule has 0 atom stereocenters. The third-order valence-corrected chi connectivity index (χ3v) is 1.64. The van der Waals surface area contributed by atoms with Gasteiger partial charge in [-0.05, 0) is 12.1 Å². The molecule has 0 unspecified atom stereocenters. The first-order valence-corrected chi connectivity index (χ1v) is 3.92. The van der Waals surface area contributed by atoms with Gasteiger partial charge in [0.25, 0.3) is 5.89 Å². The Bertz CT molecular complexity index is 464. The molecular formula is C9H10N3O4Y2-. The molecule has 0 saturated heterocycles. The van der Waals surface area contributed by atoms with Gasteiger partial charge in [0.15, 0.2) is 0 Å². The van der Waals surface area contributed by atoms with Crippen LogP contribution in [0.1, 0.15) is 10.7 Å². The Morgan fingerprint density at radius 2 is 1.61 bits per heavy atom. The SMILES string of the molecule is O.O.[NH-]C(=O)c1nnc(-c2ccccc2)o1.[Y].[Y]. The van der Waals surface area contributed by atoms with Crippen LogP contribution in [0.2, 0.25) is 0 Å². The van der Waals surface area contributed by atoms with Crippen LogP contribution in [0.15, 0.2) is 34.7 Å². The minimum absolute atomic E-state index is 0. The van der Waals surface area contributed by atoms with Gasteiger partial charge in [-0.1, -0.05) is 18.2 Å². The number of carbonyl (C=O) groups is 1. The summed E-state index contributed by atoms with van der Waals surface area (Å²) in [6.07, 6.45) is 0. The second kappa shape index (κ2) is 10.8. The van der Waals surface area contributed by atoms with Gasteiger partial charge in [0.05, 0.1) is 0 Å². The average Bonchev–Trinajstić information content (AvgIpc) is 2.68. The monoisotopic (exact) mass is 402 g/mol. The minimum Gasteiger partial charge on any atom is -0.659 e. The van der Waals surface area contributed by atoms with Crippen molar-refractivity contribution >= 4 is 5.91 Å². The molecule has 7 nitrogen and oxygen atoms in total.